The fraction of sp³-hybridized carbons (Fsp3) is 0. The second kappa shape index (κ2) is 12.0. The predicted molar refractivity (Wildman–Crippen MR) is 231 cm³/mol. The van der Waals surface area contributed by atoms with Crippen molar-refractivity contribution in [3.8, 4) is 44.9 Å². The van der Waals surface area contributed by atoms with Gasteiger partial charge in [0.05, 0.1) is 0 Å². The Morgan fingerprint density at radius 2 is 0.857 bits per heavy atom. The molecule has 0 aliphatic rings. The van der Waals surface area contributed by atoms with Gasteiger partial charge in [-0.1, -0.05) is 146 Å². The summed E-state index contributed by atoms with van der Waals surface area (Å²) < 4.78 is 13.1. The van der Waals surface area contributed by atoms with Crippen LogP contribution in [0.15, 0.2) is 191 Å². The molecule has 3 heterocycles. The minimum atomic E-state index is 0.618. The summed E-state index contributed by atoms with van der Waals surface area (Å²) in [5, 5.41) is 10.5. The molecular formula is C52H30N2O2. The van der Waals surface area contributed by atoms with Crippen LogP contribution in [-0.2, 0) is 0 Å². The van der Waals surface area contributed by atoms with Crippen LogP contribution in [-0.4, -0.2) is 9.97 Å². The van der Waals surface area contributed by atoms with Gasteiger partial charge in [0.2, 0.25) is 0 Å². The van der Waals surface area contributed by atoms with Gasteiger partial charge in [-0.2, -0.15) is 0 Å². The average molecular weight is 715 g/mol. The first-order valence-electron chi connectivity index (χ1n) is 18.9. The molecule has 0 aliphatic heterocycles. The van der Waals surface area contributed by atoms with E-state index in [1.165, 1.54) is 32.3 Å². The molecule has 0 bridgehead atoms. The van der Waals surface area contributed by atoms with Gasteiger partial charge in [-0.05, 0) is 91.0 Å². The van der Waals surface area contributed by atoms with Gasteiger partial charge in [0.1, 0.15) is 28.0 Å². The van der Waals surface area contributed by atoms with Crippen molar-refractivity contribution >= 4 is 76.3 Å². The van der Waals surface area contributed by atoms with E-state index in [4.69, 9.17) is 18.8 Å². The number of hydrogen-bond donors (Lipinski definition) is 0. The van der Waals surface area contributed by atoms with Crippen LogP contribution in [0.3, 0.4) is 0 Å². The van der Waals surface area contributed by atoms with Gasteiger partial charge in [-0.25, -0.2) is 9.97 Å². The first-order valence-corrected chi connectivity index (χ1v) is 18.9. The van der Waals surface area contributed by atoms with E-state index in [2.05, 4.69) is 140 Å². The molecule has 0 saturated carbocycles. The minimum Gasteiger partial charge on any atom is -0.456 e. The standard InChI is InChI=1S/C52H30N2O2/c1-3-12-31(13-4-1)33-23-27-46-44(30-33)50-51(56-46)49(32-14-5-2-6-15-32)53-52(54-50)41-20-11-21-47-48(41)43-29-35(24-26-45(43)55-47)34-22-25-40-38-18-8-7-16-36(38)37-17-9-10-19-39(37)42(40)28-34/h1-30H. The Morgan fingerprint density at radius 3 is 1.55 bits per heavy atom. The Bertz CT molecular complexity index is 3490. The van der Waals surface area contributed by atoms with Crippen LogP contribution in [0.5, 0.6) is 0 Å². The Hall–Kier alpha value is -7.56. The Labute approximate surface area is 320 Å². The molecule has 3 aromatic heterocycles. The summed E-state index contributed by atoms with van der Waals surface area (Å²) in [5.74, 6) is 0.618. The van der Waals surface area contributed by atoms with Gasteiger partial charge in [0.25, 0.3) is 0 Å². The SMILES string of the molecule is c1ccc(-c2ccc3oc4c(-c5ccccc5)nc(-c5cccc6oc7ccc(-c8ccc9c%10ccccc%10c%10ccccc%10c9c8)cc7c56)nc4c3c2)cc1. The smallest absolute Gasteiger partial charge is 0.180 e. The molecule has 0 N–H and O–H groups in total. The highest BCUT2D eigenvalue weighted by Crippen LogP contribution is 2.42. The van der Waals surface area contributed by atoms with Gasteiger partial charge >= 0.3 is 0 Å². The quantitative estimate of drug-likeness (QED) is 0.170. The number of furan rings is 2. The molecule has 0 aliphatic carbocycles. The van der Waals surface area contributed by atoms with Crippen molar-refractivity contribution < 1.29 is 8.83 Å². The summed E-state index contributed by atoms with van der Waals surface area (Å²) in [5.41, 5.74) is 11.0. The van der Waals surface area contributed by atoms with E-state index in [-0.39, 0.29) is 0 Å². The average Bonchev–Trinajstić information content (AvgIpc) is 3.84. The lowest BCUT2D eigenvalue weighted by molar-refractivity contribution is 0.667. The molecule has 0 fully saturated rings. The molecule has 12 rings (SSSR count). The zero-order chi connectivity index (χ0) is 36.7. The highest BCUT2D eigenvalue weighted by atomic mass is 16.3. The lowest BCUT2D eigenvalue weighted by Crippen LogP contribution is -1.94. The summed E-state index contributed by atoms with van der Waals surface area (Å²) in [6.45, 7) is 0. The lowest BCUT2D eigenvalue weighted by atomic mass is 9.92. The van der Waals surface area contributed by atoms with E-state index in [1.807, 2.05) is 42.5 Å². The maximum Gasteiger partial charge on any atom is 0.180 e. The summed E-state index contributed by atoms with van der Waals surface area (Å²) >= 11 is 0. The molecule has 4 heteroatoms. The number of nitrogens with zero attached hydrogens (tertiary/aromatic N) is 2. The van der Waals surface area contributed by atoms with E-state index < -0.39 is 0 Å². The van der Waals surface area contributed by atoms with Crippen LogP contribution in [0.2, 0.25) is 0 Å². The molecule has 56 heavy (non-hydrogen) atoms. The van der Waals surface area contributed by atoms with Gasteiger partial charge in [-0.3, -0.25) is 0 Å². The van der Waals surface area contributed by atoms with Crippen molar-refractivity contribution in [2.45, 2.75) is 0 Å². The number of fused-ring (bicyclic) bond motifs is 12. The second-order valence-corrected chi connectivity index (χ2v) is 14.5. The van der Waals surface area contributed by atoms with Crippen LogP contribution in [0.1, 0.15) is 0 Å². The molecule has 0 amide bonds. The second-order valence-electron chi connectivity index (χ2n) is 14.5. The van der Waals surface area contributed by atoms with E-state index in [9.17, 15) is 0 Å². The summed E-state index contributed by atoms with van der Waals surface area (Å²) in [6, 6.07) is 63.9. The van der Waals surface area contributed by atoms with Crippen molar-refractivity contribution in [2.24, 2.45) is 0 Å². The van der Waals surface area contributed by atoms with Crippen LogP contribution < -0.4 is 0 Å². The normalized spacial score (nSPS) is 11.9. The molecule has 0 radical (unpaired) electrons. The van der Waals surface area contributed by atoms with Crippen molar-refractivity contribution in [1.82, 2.24) is 9.97 Å². The number of aromatic nitrogens is 2. The molecule has 12 aromatic rings. The van der Waals surface area contributed by atoms with Crippen molar-refractivity contribution in [2.75, 3.05) is 0 Å². The van der Waals surface area contributed by atoms with E-state index in [1.54, 1.807) is 0 Å². The monoisotopic (exact) mass is 714 g/mol. The van der Waals surface area contributed by atoms with Gasteiger partial charge < -0.3 is 8.83 Å². The van der Waals surface area contributed by atoms with Crippen LogP contribution in [0, 0.1) is 0 Å². The Morgan fingerprint density at radius 1 is 0.321 bits per heavy atom. The first-order chi connectivity index (χ1) is 27.7. The predicted octanol–water partition coefficient (Wildman–Crippen LogP) is 14.4. The fourth-order valence-electron chi connectivity index (χ4n) is 8.65. The molecule has 9 aromatic carbocycles. The lowest BCUT2D eigenvalue weighted by Gasteiger charge is -2.12. The molecule has 4 nitrogen and oxygen atoms in total. The third-order valence-corrected chi connectivity index (χ3v) is 11.3. The maximum absolute atomic E-state index is 6.56. The largest absolute Gasteiger partial charge is 0.456 e. The van der Waals surface area contributed by atoms with Crippen molar-refractivity contribution in [1.29, 1.82) is 0 Å². The minimum absolute atomic E-state index is 0.618. The molecule has 0 saturated heterocycles. The third-order valence-electron chi connectivity index (χ3n) is 11.3. The van der Waals surface area contributed by atoms with Gasteiger partial charge in [0.15, 0.2) is 11.4 Å². The van der Waals surface area contributed by atoms with E-state index >= 15 is 0 Å². The fourth-order valence-corrected chi connectivity index (χ4v) is 8.65. The molecule has 0 atom stereocenters. The van der Waals surface area contributed by atoms with E-state index in [0.29, 0.717) is 11.4 Å². The van der Waals surface area contributed by atoms with Crippen LogP contribution in [0.25, 0.3) is 121 Å². The van der Waals surface area contributed by atoms with Crippen LogP contribution in [0.4, 0.5) is 0 Å². The topological polar surface area (TPSA) is 52.1 Å². The maximum atomic E-state index is 6.56. The van der Waals surface area contributed by atoms with Gasteiger partial charge in [0, 0.05) is 27.3 Å². The number of hydrogen-bond acceptors (Lipinski definition) is 4. The molecule has 260 valence electrons. The van der Waals surface area contributed by atoms with Crippen molar-refractivity contribution in [3.05, 3.63) is 182 Å². The Balaban J connectivity index is 1.08. The first kappa shape index (κ1) is 30.9. The van der Waals surface area contributed by atoms with Crippen LogP contribution >= 0.6 is 0 Å². The number of benzene rings is 9. The zero-order valence-electron chi connectivity index (χ0n) is 30.0. The number of rotatable bonds is 4. The highest BCUT2D eigenvalue weighted by molar-refractivity contribution is 6.26. The van der Waals surface area contributed by atoms with Gasteiger partial charge in [-0.15, -0.1) is 0 Å². The summed E-state index contributed by atoms with van der Waals surface area (Å²) in [6.07, 6.45) is 0. The summed E-state index contributed by atoms with van der Waals surface area (Å²) in [7, 11) is 0. The van der Waals surface area contributed by atoms with E-state index in [0.717, 1.165) is 77.5 Å². The highest BCUT2D eigenvalue weighted by Gasteiger charge is 2.22. The Kier molecular flexibility index (Phi) is 6.60. The zero-order valence-corrected chi connectivity index (χ0v) is 30.0. The molecular weight excluding hydrogens is 685 g/mol. The summed E-state index contributed by atoms with van der Waals surface area (Å²) in [4.78, 5) is 10.6. The van der Waals surface area contributed by atoms with Crippen molar-refractivity contribution in [3.63, 3.8) is 0 Å². The third kappa shape index (κ3) is 4.66. The molecule has 0 unspecified atom stereocenters. The molecule has 0 spiro atoms.